The normalized spacial score (nSPS) is 12.0. The van der Waals surface area contributed by atoms with Gasteiger partial charge in [-0.2, -0.15) is 10.5 Å². The molecule has 1 heterocycles. The van der Waals surface area contributed by atoms with E-state index in [0.29, 0.717) is 46.4 Å². The first-order chi connectivity index (χ1) is 27.4. The van der Waals surface area contributed by atoms with Crippen molar-refractivity contribution in [3.63, 3.8) is 0 Å². The maximum atomic E-state index is 12.4. The van der Waals surface area contributed by atoms with Crippen LogP contribution < -0.4 is 74.2 Å². The van der Waals surface area contributed by atoms with Crippen LogP contribution in [0, 0.1) is 48.3 Å². The van der Waals surface area contributed by atoms with Gasteiger partial charge in [0.05, 0.1) is 63.2 Å². The number of carbonyl (C=O) groups is 4. The van der Waals surface area contributed by atoms with Crippen LogP contribution in [0.4, 0.5) is 16.4 Å². The number of ether oxygens (including phenoxy) is 5. The van der Waals surface area contributed by atoms with Gasteiger partial charge in [-0.3, -0.25) is 9.59 Å². The maximum Gasteiger partial charge on any atom is 1.00 e. The van der Waals surface area contributed by atoms with Crippen molar-refractivity contribution in [2.24, 2.45) is 22.1 Å². The Morgan fingerprint density at radius 2 is 1.37 bits per heavy atom. The summed E-state index contributed by atoms with van der Waals surface area (Å²) in [5.41, 5.74) is 3.09. The number of carboxylic acids is 2. The molecule has 0 fully saturated rings. The van der Waals surface area contributed by atoms with E-state index in [0.717, 1.165) is 22.6 Å². The molecule has 1 aromatic heterocycles. The first kappa shape index (κ1) is 55.5. The van der Waals surface area contributed by atoms with Gasteiger partial charge in [0.15, 0.2) is 5.00 Å². The average Bonchev–Trinajstić information content (AvgIpc) is 3.50. The van der Waals surface area contributed by atoms with Crippen LogP contribution in [0.2, 0.25) is 0 Å². The molecule has 0 radical (unpaired) electrons. The number of rotatable bonds is 28. The zero-order valence-corrected chi connectivity index (χ0v) is 39.5. The van der Waals surface area contributed by atoms with Crippen molar-refractivity contribution in [2.75, 3.05) is 70.8 Å². The Hall–Kier alpha value is -3.46. The van der Waals surface area contributed by atoms with Crippen LogP contribution >= 0.6 is 11.3 Å². The molecule has 0 saturated carbocycles. The molecule has 308 valence electrons. The standard InChI is InChI=1S/C40H51N5O11S.2Na/c1-5-7-9-30(39(49)50)25-37(48)55-21-19-54-18-17-52-15-13-45(14-16-53-20-22-56-40(51)31(10-8-6-2)24-36(46)47)32-11-12-34(28(3)23-32)43-44-38-33(26-41)29(4)35(27-42)57-38;;/h5-8,11-12,23,30-31H,9-10,13-22,24-25H2,1-4H3,(H,46,47)(H,49,50);;/q;2*+1/p-2/b7-5+,8-6+,44-43?;;. The van der Waals surface area contributed by atoms with Gasteiger partial charge in [0.2, 0.25) is 0 Å². The Kier molecular flexibility index (Phi) is 30.4. The third-order valence-electron chi connectivity index (χ3n) is 8.29. The van der Waals surface area contributed by atoms with Crippen LogP contribution in [0.5, 0.6) is 0 Å². The number of nitrogens with zero attached hydrogens (tertiary/aromatic N) is 5. The summed E-state index contributed by atoms with van der Waals surface area (Å²) in [5.74, 6) is -5.72. The second-order valence-electron chi connectivity index (χ2n) is 12.4. The fourth-order valence-corrected chi connectivity index (χ4v) is 6.00. The molecule has 0 amide bonds. The third kappa shape index (κ3) is 21.6. The SMILES string of the molecule is C/C=C/CC(CC(=O)OCCOCCOCCN(CCOCCOC(=O)C(C/C=C/C)CC(=O)[O-])c1ccc(N=Nc2sc(C#N)c(C)c2C#N)c(C)c1)C(=O)[O-].[Na+].[Na+]. The van der Waals surface area contributed by atoms with E-state index < -0.39 is 42.1 Å². The van der Waals surface area contributed by atoms with Crippen molar-refractivity contribution < 1.29 is 112 Å². The van der Waals surface area contributed by atoms with Gasteiger partial charge in [-0.1, -0.05) is 24.3 Å². The first-order valence-electron chi connectivity index (χ1n) is 18.3. The quantitative estimate of drug-likeness (QED) is 0.0294. The van der Waals surface area contributed by atoms with E-state index in [-0.39, 0.29) is 125 Å². The summed E-state index contributed by atoms with van der Waals surface area (Å²) in [6, 6.07) is 9.73. The molecule has 0 saturated heterocycles. The fourth-order valence-electron chi connectivity index (χ4n) is 5.12. The summed E-state index contributed by atoms with van der Waals surface area (Å²) in [5, 5.41) is 50.1. The van der Waals surface area contributed by atoms with Crippen LogP contribution in [0.3, 0.4) is 0 Å². The number of carboxylic acid groups (broad SMARTS) is 2. The summed E-state index contributed by atoms with van der Waals surface area (Å²) in [6.45, 7) is 9.15. The molecule has 0 aliphatic rings. The van der Waals surface area contributed by atoms with Gasteiger partial charge in [-0.05, 0) is 69.9 Å². The Morgan fingerprint density at radius 1 is 0.797 bits per heavy atom. The Balaban J connectivity index is 0.0000168. The molecule has 0 aliphatic carbocycles. The average molecular weight is 854 g/mol. The summed E-state index contributed by atoms with van der Waals surface area (Å²) >= 11 is 1.10. The number of anilines is 1. The second-order valence-corrected chi connectivity index (χ2v) is 13.4. The number of esters is 2. The molecule has 0 aliphatic heterocycles. The van der Waals surface area contributed by atoms with Crippen LogP contribution in [-0.4, -0.2) is 89.8 Å². The van der Waals surface area contributed by atoms with Crippen molar-refractivity contribution in [3.05, 3.63) is 64.1 Å². The molecule has 2 atom stereocenters. The number of azo groups is 1. The van der Waals surface area contributed by atoms with E-state index in [9.17, 15) is 39.9 Å². The van der Waals surface area contributed by atoms with Crippen LogP contribution in [0.1, 0.15) is 61.1 Å². The predicted octanol–water partition coefficient (Wildman–Crippen LogP) is -2.08. The Labute approximate surface area is 393 Å². The molecular weight excluding hydrogens is 805 g/mol. The number of nitriles is 2. The van der Waals surface area contributed by atoms with E-state index in [1.54, 1.807) is 51.1 Å². The zero-order chi connectivity index (χ0) is 42.0. The minimum atomic E-state index is -1.33. The molecule has 2 rings (SSSR count). The van der Waals surface area contributed by atoms with Gasteiger partial charge in [0.25, 0.3) is 0 Å². The molecule has 0 spiro atoms. The summed E-state index contributed by atoms with van der Waals surface area (Å²) in [4.78, 5) is 49.1. The fraction of sp³-hybridized carbons (Fsp3) is 0.500. The van der Waals surface area contributed by atoms with Crippen molar-refractivity contribution in [2.45, 2.75) is 53.4 Å². The van der Waals surface area contributed by atoms with E-state index in [1.807, 2.05) is 24.0 Å². The van der Waals surface area contributed by atoms with Crippen molar-refractivity contribution in [1.82, 2.24) is 0 Å². The summed E-state index contributed by atoms with van der Waals surface area (Å²) in [7, 11) is 0. The number of allylic oxidation sites excluding steroid dienone is 4. The van der Waals surface area contributed by atoms with Gasteiger partial charge in [-0.25, -0.2) is 0 Å². The monoisotopic (exact) mass is 853 g/mol. The minimum Gasteiger partial charge on any atom is -0.550 e. The van der Waals surface area contributed by atoms with E-state index in [4.69, 9.17) is 23.7 Å². The van der Waals surface area contributed by atoms with E-state index in [1.165, 1.54) is 0 Å². The molecule has 0 bridgehead atoms. The van der Waals surface area contributed by atoms with Crippen LogP contribution in [-0.2, 0) is 42.9 Å². The number of aryl methyl sites for hydroxylation is 1. The molecule has 16 nitrogen and oxygen atoms in total. The molecule has 2 unspecified atom stereocenters. The minimum absolute atomic E-state index is 0. The number of hydrogen-bond acceptors (Lipinski definition) is 17. The summed E-state index contributed by atoms with van der Waals surface area (Å²) < 4.78 is 27.3. The largest absolute Gasteiger partial charge is 1.00 e. The van der Waals surface area contributed by atoms with E-state index >= 15 is 0 Å². The third-order valence-corrected chi connectivity index (χ3v) is 9.37. The predicted molar refractivity (Wildman–Crippen MR) is 206 cm³/mol. The smallest absolute Gasteiger partial charge is 0.550 e. The number of thiophene rings is 1. The van der Waals surface area contributed by atoms with E-state index in [2.05, 4.69) is 22.4 Å². The second kappa shape index (κ2) is 32.3. The van der Waals surface area contributed by atoms with Gasteiger partial charge in [0, 0.05) is 43.1 Å². The van der Waals surface area contributed by atoms with Crippen LogP contribution in [0.25, 0.3) is 0 Å². The Bertz CT molecular complexity index is 1810. The van der Waals surface area contributed by atoms with Gasteiger partial charge in [-0.15, -0.1) is 21.6 Å². The molecule has 0 N–H and O–H groups in total. The number of aliphatic carboxylic acids is 2. The Morgan fingerprint density at radius 3 is 1.92 bits per heavy atom. The topological polar surface area (TPSA) is 236 Å². The van der Waals surface area contributed by atoms with Crippen molar-refractivity contribution in [3.8, 4) is 12.1 Å². The zero-order valence-electron chi connectivity index (χ0n) is 34.7. The summed E-state index contributed by atoms with van der Waals surface area (Å²) in [6.07, 6.45) is 6.46. The maximum absolute atomic E-state index is 12.4. The van der Waals surface area contributed by atoms with Crippen molar-refractivity contribution in [1.29, 1.82) is 10.5 Å². The van der Waals surface area contributed by atoms with Crippen LogP contribution in [0.15, 0.2) is 52.7 Å². The molecule has 19 heteroatoms. The van der Waals surface area contributed by atoms with Gasteiger partial charge >= 0.3 is 71.1 Å². The number of carbonyl (C=O) groups excluding carboxylic acids is 4. The molecule has 2 aromatic rings. The molecule has 59 heavy (non-hydrogen) atoms. The van der Waals surface area contributed by atoms with Crippen molar-refractivity contribution >= 4 is 51.6 Å². The first-order valence-corrected chi connectivity index (χ1v) is 19.2. The molecule has 1 aromatic carbocycles. The van der Waals surface area contributed by atoms with Gasteiger partial charge < -0.3 is 48.4 Å². The number of hydrogen-bond donors (Lipinski definition) is 0. The molecular formula is C40H49N5Na2O11S. The number of benzene rings is 1. The van der Waals surface area contributed by atoms with Gasteiger partial charge in [0.1, 0.15) is 30.2 Å².